The smallest absolute Gasteiger partial charge is 0.0774 e. The van der Waals surface area contributed by atoms with Crippen molar-refractivity contribution in [3.63, 3.8) is 0 Å². The third-order valence-corrected chi connectivity index (χ3v) is 3.98. The van der Waals surface area contributed by atoms with Crippen LogP contribution in [0.4, 0.5) is 0 Å². The number of rotatable bonds is 2. The van der Waals surface area contributed by atoms with E-state index in [0.29, 0.717) is 5.41 Å². The molecule has 1 N–H and O–H groups in total. The zero-order valence-electron chi connectivity index (χ0n) is 9.71. The van der Waals surface area contributed by atoms with Crippen LogP contribution in [0.2, 0.25) is 0 Å². The van der Waals surface area contributed by atoms with E-state index in [1.165, 1.54) is 19.5 Å². The summed E-state index contributed by atoms with van der Waals surface area (Å²) in [5, 5.41) is 9.99. The van der Waals surface area contributed by atoms with Gasteiger partial charge in [0.15, 0.2) is 0 Å². The van der Waals surface area contributed by atoms with Crippen LogP contribution in [-0.2, 0) is 0 Å². The lowest BCUT2D eigenvalue weighted by atomic mass is 9.74. The molecule has 14 heavy (non-hydrogen) atoms. The second-order valence-corrected chi connectivity index (χ2v) is 6.33. The van der Waals surface area contributed by atoms with Crippen molar-refractivity contribution in [1.82, 2.24) is 4.90 Å². The molecular weight excluding hydrogens is 174 g/mol. The molecule has 0 aromatic carbocycles. The van der Waals surface area contributed by atoms with Gasteiger partial charge in [0.25, 0.3) is 0 Å². The third kappa shape index (κ3) is 1.96. The van der Waals surface area contributed by atoms with Gasteiger partial charge < -0.3 is 5.11 Å². The summed E-state index contributed by atoms with van der Waals surface area (Å²) >= 11 is 0. The van der Waals surface area contributed by atoms with Gasteiger partial charge in [-0.2, -0.15) is 0 Å². The van der Waals surface area contributed by atoms with Crippen molar-refractivity contribution in [2.45, 2.75) is 45.6 Å². The van der Waals surface area contributed by atoms with Crippen molar-refractivity contribution in [3.8, 4) is 0 Å². The fraction of sp³-hybridized carbons (Fsp3) is 1.00. The first kappa shape index (κ1) is 10.4. The zero-order chi connectivity index (χ0) is 10.4. The highest BCUT2D eigenvalue weighted by Crippen LogP contribution is 2.38. The Hall–Kier alpha value is -0.0800. The van der Waals surface area contributed by atoms with Crippen LogP contribution in [0.3, 0.4) is 0 Å². The van der Waals surface area contributed by atoms with E-state index in [1.54, 1.807) is 0 Å². The van der Waals surface area contributed by atoms with Crippen LogP contribution in [0.25, 0.3) is 0 Å². The molecule has 0 bridgehead atoms. The molecule has 0 radical (unpaired) electrons. The van der Waals surface area contributed by atoms with E-state index in [9.17, 15) is 5.11 Å². The Morgan fingerprint density at radius 2 is 1.86 bits per heavy atom. The highest BCUT2D eigenvalue weighted by molar-refractivity contribution is 4.95. The molecule has 0 aromatic heterocycles. The topological polar surface area (TPSA) is 23.5 Å². The fourth-order valence-electron chi connectivity index (χ4n) is 2.41. The predicted octanol–water partition coefficient (Wildman–Crippen LogP) is 1.88. The Bertz CT molecular complexity index is 209. The summed E-state index contributed by atoms with van der Waals surface area (Å²) in [7, 11) is 0. The standard InChI is InChI=1S/C12H23NO/c1-11(2,3)10-7-13(8-10)9-12(14)5-4-6-12/h10,14H,4-9H2,1-3H3. The molecule has 1 aliphatic carbocycles. The summed E-state index contributed by atoms with van der Waals surface area (Å²) in [6.45, 7) is 10.2. The molecule has 1 heterocycles. The quantitative estimate of drug-likeness (QED) is 0.730. The van der Waals surface area contributed by atoms with E-state index in [0.717, 1.165) is 25.3 Å². The molecule has 2 fully saturated rings. The number of likely N-dealkylation sites (tertiary alicyclic amines) is 1. The van der Waals surface area contributed by atoms with E-state index >= 15 is 0 Å². The summed E-state index contributed by atoms with van der Waals surface area (Å²) in [6, 6.07) is 0. The molecule has 0 amide bonds. The SMILES string of the molecule is CC(C)(C)C1CN(CC2(O)CCC2)C1. The lowest BCUT2D eigenvalue weighted by molar-refractivity contribution is -0.0923. The fourth-order valence-corrected chi connectivity index (χ4v) is 2.41. The van der Waals surface area contributed by atoms with Gasteiger partial charge in [-0.15, -0.1) is 0 Å². The molecular formula is C12H23NO. The molecule has 2 heteroatoms. The maximum atomic E-state index is 9.99. The monoisotopic (exact) mass is 197 g/mol. The lowest BCUT2D eigenvalue weighted by Crippen LogP contribution is -2.58. The largest absolute Gasteiger partial charge is 0.389 e. The molecule has 2 rings (SSSR count). The summed E-state index contributed by atoms with van der Waals surface area (Å²) in [5.74, 6) is 0.825. The van der Waals surface area contributed by atoms with Gasteiger partial charge in [-0.3, -0.25) is 4.90 Å². The van der Waals surface area contributed by atoms with Crippen LogP contribution < -0.4 is 0 Å². The second kappa shape index (κ2) is 3.21. The van der Waals surface area contributed by atoms with Gasteiger partial charge in [0.2, 0.25) is 0 Å². The average molecular weight is 197 g/mol. The zero-order valence-corrected chi connectivity index (χ0v) is 9.71. The van der Waals surface area contributed by atoms with Crippen LogP contribution in [0.15, 0.2) is 0 Å². The Morgan fingerprint density at radius 1 is 1.29 bits per heavy atom. The number of aliphatic hydroxyl groups is 1. The van der Waals surface area contributed by atoms with E-state index < -0.39 is 0 Å². The van der Waals surface area contributed by atoms with Crippen molar-refractivity contribution in [2.75, 3.05) is 19.6 Å². The van der Waals surface area contributed by atoms with Crippen LogP contribution in [0.1, 0.15) is 40.0 Å². The Balaban J connectivity index is 1.73. The summed E-state index contributed by atoms with van der Waals surface area (Å²) in [4.78, 5) is 2.41. The van der Waals surface area contributed by atoms with E-state index in [2.05, 4.69) is 25.7 Å². The first-order valence-electron chi connectivity index (χ1n) is 5.84. The molecule has 1 aliphatic heterocycles. The maximum absolute atomic E-state index is 9.99. The number of hydrogen-bond donors (Lipinski definition) is 1. The molecule has 0 atom stereocenters. The first-order chi connectivity index (χ1) is 6.39. The highest BCUT2D eigenvalue weighted by Gasteiger charge is 2.42. The summed E-state index contributed by atoms with van der Waals surface area (Å²) in [6.07, 6.45) is 3.25. The first-order valence-corrected chi connectivity index (χ1v) is 5.84. The van der Waals surface area contributed by atoms with Gasteiger partial charge in [0.05, 0.1) is 5.60 Å². The van der Waals surface area contributed by atoms with Crippen LogP contribution in [0.5, 0.6) is 0 Å². The third-order valence-electron chi connectivity index (χ3n) is 3.98. The van der Waals surface area contributed by atoms with E-state index in [-0.39, 0.29) is 5.60 Å². The van der Waals surface area contributed by atoms with Gasteiger partial charge in [0, 0.05) is 19.6 Å². The molecule has 0 aromatic rings. The van der Waals surface area contributed by atoms with Crippen LogP contribution in [0, 0.1) is 11.3 Å². The average Bonchev–Trinajstić information content (AvgIpc) is 1.89. The van der Waals surface area contributed by atoms with Gasteiger partial charge >= 0.3 is 0 Å². The van der Waals surface area contributed by atoms with Crippen molar-refractivity contribution in [2.24, 2.45) is 11.3 Å². The number of hydrogen-bond acceptors (Lipinski definition) is 2. The molecule has 82 valence electrons. The van der Waals surface area contributed by atoms with Gasteiger partial charge in [-0.05, 0) is 30.6 Å². The second-order valence-electron chi connectivity index (χ2n) is 6.33. The van der Waals surface area contributed by atoms with Crippen LogP contribution >= 0.6 is 0 Å². The Morgan fingerprint density at radius 3 is 2.21 bits per heavy atom. The van der Waals surface area contributed by atoms with Gasteiger partial charge in [-0.25, -0.2) is 0 Å². The minimum absolute atomic E-state index is 0.317. The van der Waals surface area contributed by atoms with Crippen molar-refractivity contribution in [3.05, 3.63) is 0 Å². The van der Waals surface area contributed by atoms with E-state index in [4.69, 9.17) is 0 Å². The van der Waals surface area contributed by atoms with Crippen LogP contribution in [-0.4, -0.2) is 35.2 Å². The summed E-state index contributed by atoms with van der Waals surface area (Å²) < 4.78 is 0. The van der Waals surface area contributed by atoms with Crippen molar-refractivity contribution in [1.29, 1.82) is 0 Å². The molecule has 0 spiro atoms. The molecule has 0 unspecified atom stereocenters. The Kier molecular flexibility index (Phi) is 2.39. The minimum Gasteiger partial charge on any atom is -0.389 e. The normalized spacial score (nSPS) is 28.3. The lowest BCUT2D eigenvalue weighted by Gasteiger charge is -2.50. The van der Waals surface area contributed by atoms with E-state index in [1.807, 2.05) is 0 Å². The molecule has 2 nitrogen and oxygen atoms in total. The van der Waals surface area contributed by atoms with Crippen molar-refractivity contribution < 1.29 is 5.11 Å². The minimum atomic E-state index is -0.317. The van der Waals surface area contributed by atoms with Gasteiger partial charge in [-0.1, -0.05) is 20.8 Å². The molecule has 1 saturated carbocycles. The molecule has 2 aliphatic rings. The number of nitrogens with zero attached hydrogens (tertiary/aromatic N) is 1. The maximum Gasteiger partial charge on any atom is 0.0774 e. The summed E-state index contributed by atoms with van der Waals surface area (Å²) in [5.41, 5.74) is 0.127. The predicted molar refractivity (Wildman–Crippen MR) is 58.2 cm³/mol. The highest BCUT2D eigenvalue weighted by atomic mass is 16.3. The number of β-amino-alcohol motifs (C(OH)–C–C–N with tert-alkyl or cyclic N) is 1. The molecule has 1 saturated heterocycles. The van der Waals surface area contributed by atoms with Gasteiger partial charge in [0.1, 0.15) is 0 Å². The van der Waals surface area contributed by atoms with Crippen molar-refractivity contribution >= 4 is 0 Å². The Labute approximate surface area is 87.3 Å².